The number of carbonyl (C=O) groups is 2. The normalized spacial score (nSPS) is 14.9. The number of nitrogens with two attached hydrogens (primary N) is 2. The van der Waals surface area contributed by atoms with Crippen molar-refractivity contribution < 1.29 is 14.7 Å². The zero-order valence-corrected chi connectivity index (χ0v) is 14.6. The van der Waals surface area contributed by atoms with Gasteiger partial charge >= 0.3 is 5.97 Å². The zero-order chi connectivity index (χ0) is 17.4. The third-order valence-corrected chi connectivity index (χ3v) is 4.86. The van der Waals surface area contributed by atoms with Gasteiger partial charge in [-0.2, -0.15) is 24.4 Å². The van der Waals surface area contributed by atoms with E-state index >= 15 is 0 Å². The number of ketones is 1. The highest BCUT2D eigenvalue weighted by Crippen LogP contribution is 2.22. The molecular formula is C15H23N3O3S2. The standard InChI is InChI=1S/C15H23N3O3S2/c1-23-13(14(19)10-4-2-3-5-11(10)17)6-12(15(20)21)18-7-9(16)8-22/h2-5,9,12-13,18,22H,6-8,16-17H2,1H3,(H,20,21)/t9?,12-,13?/m1/s1. The summed E-state index contributed by atoms with van der Waals surface area (Å²) in [6, 6.07) is 5.70. The number of anilines is 1. The van der Waals surface area contributed by atoms with Crippen LogP contribution in [-0.4, -0.2) is 52.7 Å². The summed E-state index contributed by atoms with van der Waals surface area (Å²) >= 11 is 5.38. The Labute approximate surface area is 145 Å². The van der Waals surface area contributed by atoms with Crippen LogP contribution < -0.4 is 16.8 Å². The van der Waals surface area contributed by atoms with Crippen LogP contribution in [0.1, 0.15) is 16.8 Å². The first-order valence-electron chi connectivity index (χ1n) is 7.14. The van der Waals surface area contributed by atoms with Crippen molar-refractivity contribution in [3.63, 3.8) is 0 Å². The number of thiol groups is 1. The summed E-state index contributed by atoms with van der Waals surface area (Å²) in [4.78, 5) is 24.0. The number of benzene rings is 1. The van der Waals surface area contributed by atoms with E-state index in [0.717, 1.165) is 0 Å². The van der Waals surface area contributed by atoms with Gasteiger partial charge in [-0.3, -0.25) is 9.59 Å². The van der Waals surface area contributed by atoms with Crippen LogP contribution in [0.3, 0.4) is 0 Å². The molecule has 1 aromatic rings. The molecule has 1 aromatic carbocycles. The van der Waals surface area contributed by atoms with Crippen molar-refractivity contribution in [2.24, 2.45) is 5.73 Å². The molecule has 0 heterocycles. The van der Waals surface area contributed by atoms with Crippen LogP contribution in [0.2, 0.25) is 0 Å². The maximum absolute atomic E-state index is 12.6. The van der Waals surface area contributed by atoms with E-state index in [9.17, 15) is 14.7 Å². The highest BCUT2D eigenvalue weighted by Gasteiger charge is 2.28. The number of Topliss-reactive ketones (excluding diaryl/α,β-unsaturated/α-hetero) is 1. The third kappa shape index (κ3) is 6.06. The van der Waals surface area contributed by atoms with Crippen molar-refractivity contribution in [3.05, 3.63) is 29.8 Å². The van der Waals surface area contributed by atoms with Gasteiger partial charge in [-0.1, -0.05) is 12.1 Å². The highest BCUT2D eigenvalue weighted by molar-refractivity contribution is 8.00. The summed E-state index contributed by atoms with van der Waals surface area (Å²) in [5.41, 5.74) is 12.4. The van der Waals surface area contributed by atoms with Crippen molar-refractivity contribution in [1.29, 1.82) is 0 Å². The Bertz CT molecular complexity index is 542. The predicted octanol–water partition coefficient (Wildman–Crippen LogP) is 0.873. The van der Waals surface area contributed by atoms with Gasteiger partial charge < -0.3 is 21.9 Å². The molecule has 0 saturated carbocycles. The van der Waals surface area contributed by atoms with Gasteiger partial charge in [-0.15, -0.1) is 0 Å². The summed E-state index contributed by atoms with van der Waals surface area (Å²) < 4.78 is 0. The molecule has 3 atom stereocenters. The number of carboxylic acids is 1. The monoisotopic (exact) mass is 357 g/mol. The van der Waals surface area contributed by atoms with E-state index in [1.165, 1.54) is 11.8 Å². The molecule has 0 spiro atoms. The first kappa shape index (κ1) is 19.8. The van der Waals surface area contributed by atoms with Gasteiger partial charge in [0.15, 0.2) is 5.78 Å². The largest absolute Gasteiger partial charge is 0.480 e. The van der Waals surface area contributed by atoms with E-state index in [1.807, 2.05) is 0 Å². The molecule has 23 heavy (non-hydrogen) atoms. The van der Waals surface area contributed by atoms with Gasteiger partial charge in [0.1, 0.15) is 6.04 Å². The topological polar surface area (TPSA) is 118 Å². The quantitative estimate of drug-likeness (QED) is 0.239. The SMILES string of the molecule is CSC(C[C@@H](NCC(N)CS)C(=O)O)C(=O)c1ccccc1N. The average Bonchev–Trinajstić information content (AvgIpc) is 2.54. The minimum atomic E-state index is -1.01. The summed E-state index contributed by atoms with van der Waals surface area (Å²) in [5.74, 6) is -0.725. The second-order valence-electron chi connectivity index (χ2n) is 5.15. The smallest absolute Gasteiger partial charge is 0.320 e. The molecule has 0 aromatic heterocycles. The van der Waals surface area contributed by atoms with Crippen molar-refractivity contribution >= 4 is 41.8 Å². The summed E-state index contributed by atoms with van der Waals surface area (Å²) in [7, 11) is 0. The molecule has 0 radical (unpaired) electrons. The number of nitrogen functional groups attached to an aromatic ring is 1. The second-order valence-corrected chi connectivity index (χ2v) is 6.56. The van der Waals surface area contributed by atoms with E-state index in [0.29, 0.717) is 23.5 Å². The Morgan fingerprint density at radius 3 is 2.57 bits per heavy atom. The number of hydrogen-bond acceptors (Lipinski definition) is 7. The van der Waals surface area contributed by atoms with Crippen LogP contribution in [0, 0.1) is 0 Å². The van der Waals surface area contributed by atoms with E-state index in [4.69, 9.17) is 11.5 Å². The van der Waals surface area contributed by atoms with Crippen molar-refractivity contribution in [3.8, 4) is 0 Å². The number of hydrogen-bond donors (Lipinski definition) is 5. The Morgan fingerprint density at radius 2 is 2.04 bits per heavy atom. The maximum atomic E-state index is 12.6. The molecule has 0 aliphatic heterocycles. The molecule has 6 N–H and O–H groups in total. The molecule has 128 valence electrons. The first-order chi connectivity index (χ1) is 10.9. The van der Waals surface area contributed by atoms with Gasteiger partial charge in [0.05, 0.1) is 5.25 Å². The predicted molar refractivity (Wildman–Crippen MR) is 98.4 cm³/mol. The number of carboxylic acid groups (broad SMARTS) is 1. The Kier molecular flexibility index (Phi) is 8.46. The second kappa shape index (κ2) is 9.82. The minimum Gasteiger partial charge on any atom is -0.480 e. The Balaban J connectivity index is 2.81. The molecule has 6 nitrogen and oxygen atoms in total. The minimum absolute atomic E-state index is 0.156. The fourth-order valence-corrected chi connectivity index (χ4v) is 2.90. The van der Waals surface area contributed by atoms with E-state index < -0.39 is 17.3 Å². The van der Waals surface area contributed by atoms with Gasteiger partial charge in [0.25, 0.3) is 0 Å². The van der Waals surface area contributed by atoms with Gasteiger partial charge in [0.2, 0.25) is 0 Å². The molecule has 0 bridgehead atoms. The molecule has 0 aliphatic rings. The number of carbonyl (C=O) groups excluding carboxylic acids is 1. The van der Waals surface area contributed by atoms with E-state index in [-0.39, 0.29) is 18.2 Å². The lowest BCUT2D eigenvalue weighted by Crippen LogP contribution is -2.46. The number of rotatable bonds is 10. The number of nitrogens with one attached hydrogen (secondary N) is 1. The molecule has 1 rings (SSSR count). The Morgan fingerprint density at radius 1 is 1.39 bits per heavy atom. The average molecular weight is 358 g/mol. The lowest BCUT2D eigenvalue weighted by Gasteiger charge is -2.21. The Hall–Kier alpha value is -1.22. The molecule has 2 unspecified atom stereocenters. The van der Waals surface area contributed by atoms with Crippen LogP contribution in [0.25, 0.3) is 0 Å². The number of para-hydroxylation sites is 1. The first-order valence-corrected chi connectivity index (χ1v) is 9.06. The van der Waals surface area contributed by atoms with Crippen LogP contribution in [0.15, 0.2) is 24.3 Å². The lowest BCUT2D eigenvalue weighted by atomic mass is 10.0. The third-order valence-electron chi connectivity index (χ3n) is 3.41. The summed E-state index contributed by atoms with van der Waals surface area (Å²) in [6.07, 6.45) is 1.93. The molecule has 0 fully saturated rings. The molecule has 0 saturated heterocycles. The van der Waals surface area contributed by atoms with Crippen molar-refractivity contribution in [2.75, 3.05) is 24.3 Å². The number of thioether (sulfide) groups is 1. The van der Waals surface area contributed by atoms with Gasteiger partial charge in [-0.25, -0.2) is 0 Å². The number of aliphatic carboxylic acids is 1. The fraction of sp³-hybridized carbons (Fsp3) is 0.467. The van der Waals surface area contributed by atoms with Gasteiger partial charge in [0, 0.05) is 29.6 Å². The molecular weight excluding hydrogens is 334 g/mol. The van der Waals surface area contributed by atoms with Crippen molar-refractivity contribution in [1.82, 2.24) is 5.32 Å². The zero-order valence-electron chi connectivity index (χ0n) is 12.9. The van der Waals surface area contributed by atoms with Crippen molar-refractivity contribution in [2.45, 2.75) is 23.8 Å². The fourth-order valence-electron chi connectivity index (χ4n) is 2.05. The molecule has 8 heteroatoms. The van der Waals surface area contributed by atoms with E-state index in [2.05, 4.69) is 17.9 Å². The van der Waals surface area contributed by atoms with Crippen LogP contribution in [0.5, 0.6) is 0 Å². The van der Waals surface area contributed by atoms with E-state index in [1.54, 1.807) is 30.5 Å². The van der Waals surface area contributed by atoms with Gasteiger partial charge in [-0.05, 0) is 24.8 Å². The highest BCUT2D eigenvalue weighted by atomic mass is 32.2. The summed E-state index contributed by atoms with van der Waals surface area (Å²) in [5, 5.41) is 11.7. The summed E-state index contributed by atoms with van der Waals surface area (Å²) in [6.45, 7) is 0.323. The van der Waals surface area contributed by atoms with Crippen LogP contribution >= 0.6 is 24.4 Å². The molecule has 0 aliphatic carbocycles. The maximum Gasteiger partial charge on any atom is 0.320 e. The lowest BCUT2D eigenvalue weighted by molar-refractivity contribution is -0.139. The van der Waals surface area contributed by atoms with Crippen LogP contribution in [-0.2, 0) is 4.79 Å². The molecule has 0 amide bonds. The van der Waals surface area contributed by atoms with Crippen LogP contribution in [0.4, 0.5) is 5.69 Å².